The average molecular weight is 415 g/mol. The van der Waals surface area contributed by atoms with Crippen LogP contribution in [0.1, 0.15) is 43.7 Å². The van der Waals surface area contributed by atoms with E-state index in [9.17, 15) is 4.79 Å². The SMILES string of the molecule is CCCc1cc(-c2nnc(SCC(=O)NCc3ccccc3)n2C(C)C)cs1. The van der Waals surface area contributed by atoms with E-state index < -0.39 is 0 Å². The molecule has 0 saturated heterocycles. The Bertz CT molecular complexity index is 902. The number of aryl methyl sites for hydroxylation is 1. The molecule has 0 spiro atoms. The van der Waals surface area contributed by atoms with Crippen molar-refractivity contribution in [3.05, 3.63) is 52.2 Å². The Morgan fingerprint density at radius 1 is 1.25 bits per heavy atom. The lowest BCUT2D eigenvalue weighted by molar-refractivity contribution is -0.118. The smallest absolute Gasteiger partial charge is 0.230 e. The first-order valence-electron chi connectivity index (χ1n) is 9.54. The Labute approximate surface area is 174 Å². The Balaban J connectivity index is 1.65. The van der Waals surface area contributed by atoms with Gasteiger partial charge in [-0.05, 0) is 31.9 Å². The summed E-state index contributed by atoms with van der Waals surface area (Å²) in [5, 5.41) is 14.7. The van der Waals surface area contributed by atoms with Crippen molar-refractivity contribution in [2.75, 3.05) is 5.75 Å². The molecule has 0 radical (unpaired) electrons. The van der Waals surface area contributed by atoms with Gasteiger partial charge in [0.1, 0.15) is 0 Å². The first-order chi connectivity index (χ1) is 13.6. The molecule has 2 aromatic heterocycles. The first-order valence-corrected chi connectivity index (χ1v) is 11.4. The molecule has 28 heavy (non-hydrogen) atoms. The average Bonchev–Trinajstić information content (AvgIpc) is 3.32. The van der Waals surface area contributed by atoms with Gasteiger partial charge in [0.25, 0.3) is 0 Å². The van der Waals surface area contributed by atoms with Crippen LogP contribution in [-0.4, -0.2) is 26.4 Å². The van der Waals surface area contributed by atoms with Crippen LogP contribution in [0.5, 0.6) is 0 Å². The Hall–Kier alpha value is -2.12. The predicted octanol–water partition coefficient (Wildman–Crippen LogP) is 4.95. The van der Waals surface area contributed by atoms with Crippen LogP contribution in [0, 0.1) is 0 Å². The minimum Gasteiger partial charge on any atom is -0.351 e. The summed E-state index contributed by atoms with van der Waals surface area (Å²) in [6.07, 6.45) is 2.22. The number of amides is 1. The number of carbonyl (C=O) groups excluding carboxylic acids is 1. The normalized spacial score (nSPS) is 11.1. The lowest BCUT2D eigenvalue weighted by Gasteiger charge is -2.13. The lowest BCUT2D eigenvalue weighted by Crippen LogP contribution is -2.24. The van der Waals surface area contributed by atoms with Gasteiger partial charge in [-0.25, -0.2) is 0 Å². The van der Waals surface area contributed by atoms with Gasteiger partial charge < -0.3 is 5.32 Å². The number of aromatic nitrogens is 3. The van der Waals surface area contributed by atoms with Crippen LogP contribution in [0.4, 0.5) is 0 Å². The summed E-state index contributed by atoms with van der Waals surface area (Å²) in [5.41, 5.74) is 2.20. The van der Waals surface area contributed by atoms with Crippen LogP contribution in [0.15, 0.2) is 46.9 Å². The van der Waals surface area contributed by atoms with Crippen molar-refractivity contribution in [2.45, 2.75) is 51.4 Å². The second-order valence-electron chi connectivity index (χ2n) is 6.87. The van der Waals surface area contributed by atoms with Crippen molar-refractivity contribution < 1.29 is 4.79 Å². The zero-order valence-corrected chi connectivity index (χ0v) is 18.1. The summed E-state index contributed by atoms with van der Waals surface area (Å²) in [7, 11) is 0. The van der Waals surface area contributed by atoms with Gasteiger partial charge in [0.2, 0.25) is 5.91 Å². The van der Waals surface area contributed by atoms with E-state index in [1.54, 1.807) is 11.3 Å². The van der Waals surface area contributed by atoms with E-state index in [1.165, 1.54) is 16.6 Å². The fourth-order valence-electron chi connectivity index (χ4n) is 2.89. The highest BCUT2D eigenvalue weighted by Gasteiger charge is 2.18. The zero-order chi connectivity index (χ0) is 19.9. The monoisotopic (exact) mass is 414 g/mol. The van der Waals surface area contributed by atoms with Crippen molar-refractivity contribution in [3.63, 3.8) is 0 Å². The van der Waals surface area contributed by atoms with E-state index >= 15 is 0 Å². The molecular formula is C21H26N4OS2. The minimum atomic E-state index is -0.00512. The van der Waals surface area contributed by atoms with E-state index in [0.29, 0.717) is 12.3 Å². The molecule has 7 heteroatoms. The summed E-state index contributed by atoms with van der Waals surface area (Å²) in [6, 6.07) is 12.3. The molecule has 1 N–H and O–H groups in total. The van der Waals surface area contributed by atoms with Gasteiger partial charge in [0.15, 0.2) is 11.0 Å². The molecule has 0 bridgehead atoms. The van der Waals surface area contributed by atoms with Crippen LogP contribution in [0.2, 0.25) is 0 Å². The number of rotatable bonds is 9. The summed E-state index contributed by atoms with van der Waals surface area (Å²) in [6.45, 7) is 6.96. The first kappa shape index (κ1) is 20.6. The largest absolute Gasteiger partial charge is 0.351 e. The van der Waals surface area contributed by atoms with Gasteiger partial charge in [-0.3, -0.25) is 9.36 Å². The number of hydrogen-bond acceptors (Lipinski definition) is 5. The highest BCUT2D eigenvalue weighted by molar-refractivity contribution is 7.99. The third-order valence-corrected chi connectivity index (χ3v) is 6.19. The van der Waals surface area contributed by atoms with E-state index in [0.717, 1.165) is 34.9 Å². The number of nitrogens with zero attached hydrogens (tertiary/aromatic N) is 3. The summed E-state index contributed by atoms with van der Waals surface area (Å²) >= 11 is 3.20. The molecule has 2 heterocycles. The summed E-state index contributed by atoms with van der Waals surface area (Å²) in [4.78, 5) is 13.6. The third-order valence-electron chi connectivity index (χ3n) is 4.25. The minimum absolute atomic E-state index is 0.00512. The fourth-order valence-corrected chi connectivity index (χ4v) is 4.76. The van der Waals surface area contributed by atoms with Crippen molar-refractivity contribution in [1.82, 2.24) is 20.1 Å². The molecule has 3 rings (SSSR count). The number of benzene rings is 1. The molecule has 5 nitrogen and oxygen atoms in total. The molecular weight excluding hydrogens is 388 g/mol. The van der Waals surface area contributed by atoms with E-state index in [1.807, 2.05) is 30.3 Å². The highest BCUT2D eigenvalue weighted by Crippen LogP contribution is 2.30. The number of nitrogens with one attached hydrogen (secondary N) is 1. The van der Waals surface area contributed by atoms with E-state index in [4.69, 9.17) is 0 Å². The lowest BCUT2D eigenvalue weighted by atomic mass is 10.2. The molecule has 0 aliphatic rings. The fraction of sp³-hybridized carbons (Fsp3) is 0.381. The van der Waals surface area contributed by atoms with Crippen LogP contribution in [0.25, 0.3) is 11.4 Å². The van der Waals surface area contributed by atoms with Crippen LogP contribution in [0.3, 0.4) is 0 Å². The van der Waals surface area contributed by atoms with E-state index in [2.05, 4.69) is 52.3 Å². The number of thioether (sulfide) groups is 1. The molecule has 0 fully saturated rings. The molecule has 3 aromatic rings. The molecule has 0 saturated carbocycles. The molecule has 0 unspecified atom stereocenters. The standard InChI is InChI=1S/C21H26N4OS2/c1-4-8-18-11-17(13-27-18)20-23-24-21(25(20)15(2)3)28-14-19(26)22-12-16-9-6-5-7-10-16/h5-7,9-11,13,15H,4,8,12,14H2,1-3H3,(H,22,26). The van der Waals surface area contributed by atoms with Crippen molar-refractivity contribution in [3.8, 4) is 11.4 Å². The molecule has 148 valence electrons. The molecule has 1 amide bonds. The predicted molar refractivity (Wildman–Crippen MR) is 117 cm³/mol. The van der Waals surface area contributed by atoms with E-state index in [-0.39, 0.29) is 11.9 Å². The summed E-state index contributed by atoms with van der Waals surface area (Å²) < 4.78 is 2.12. The molecule has 1 aromatic carbocycles. The molecule has 0 aliphatic heterocycles. The van der Waals surface area contributed by atoms with Gasteiger partial charge in [0.05, 0.1) is 5.75 Å². The third kappa shape index (κ3) is 5.23. The topological polar surface area (TPSA) is 59.8 Å². The Kier molecular flexibility index (Phi) is 7.28. The number of thiophene rings is 1. The van der Waals surface area contributed by atoms with Gasteiger partial charge >= 0.3 is 0 Å². The van der Waals surface area contributed by atoms with Crippen LogP contribution in [-0.2, 0) is 17.8 Å². The Morgan fingerprint density at radius 2 is 2.04 bits per heavy atom. The second-order valence-corrected chi connectivity index (χ2v) is 8.81. The van der Waals surface area contributed by atoms with Crippen molar-refractivity contribution >= 4 is 29.0 Å². The van der Waals surface area contributed by atoms with Crippen LogP contribution < -0.4 is 5.32 Å². The maximum Gasteiger partial charge on any atom is 0.230 e. The molecule has 0 atom stereocenters. The highest BCUT2D eigenvalue weighted by atomic mass is 32.2. The maximum absolute atomic E-state index is 12.2. The maximum atomic E-state index is 12.2. The van der Waals surface area contributed by atoms with Crippen LogP contribution >= 0.6 is 23.1 Å². The number of hydrogen-bond donors (Lipinski definition) is 1. The summed E-state index contributed by atoms with van der Waals surface area (Å²) in [5.74, 6) is 1.19. The second kappa shape index (κ2) is 9.89. The van der Waals surface area contributed by atoms with Gasteiger partial charge in [-0.15, -0.1) is 21.5 Å². The molecule has 0 aliphatic carbocycles. The van der Waals surface area contributed by atoms with Crippen molar-refractivity contribution in [2.24, 2.45) is 0 Å². The Morgan fingerprint density at radius 3 is 2.75 bits per heavy atom. The zero-order valence-electron chi connectivity index (χ0n) is 16.5. The van der Waals surface area contributed by atoms with Gasteiger partial charge in [-0.2, -0.15) is 0 Å². The quantitative estimate of drug-likeness (QED) is 0.503. The number of carbonyl (C=O) groups is 1. The van der Waals surface area contributed by atoms with Crippen molar-refractivity contribution in [1.29, 1.82) is 0 Å². The van der Waals surface area contributed by atoms with Gasteiger partial charge in [0, 0.05) is 28.4 Å². The van der Waals surface area contributed by atoms with Gasteiger partial charge in [-0.1, -0.05) is 55.4 Å².